The Bertz CT molecular complexity index is 975. The summed E-state index contributed by atoms with van der Waals surface area (Å²) in [4.78, 5) is 36.9. The number of hydrogen-bond acceptors (Lipinski definition) is 8. The van der Waals surface area contributed by atoms with Crippen LogP contribution in [0.4, 0.5) is 0 Å². The van der Waals surface area contributed by atoms with Crippen LogP contribution in [0.3, 0.4) is 0 Å². The molecular formula is C21H28N2O8S. The van der Waals surface area contributed by atoms with Gasteiger partial charge in [-0.25, -0.2) is 13.2 Å². The number of methoxy groups -OCH3 is 1. The molecule has 0 saturated heterocycles. The Balaban J connectivity index is 2.15. The quantitative estimate of drug-likeness (QED) is 0.365. The van der Waals surface area contributed by atoms with Crippen molar-refractivity contribution in [3.8, 4) is 0 Å². The van der Waals surface area contributed by atoms with Crippen molar-refractivity contribution in [1.29, 1.82) is 0 Å². The second-order valence-corrected chi connectivity index (χ2v) is 9.83. The zero-order valence-electron chi connectivity index (χ0n) is 18.0. The van der Waals surface area contributed by atoms with Gasteiger partial charge < -0.3 is 25.6 Å². The number of amides is 2. The van der Waals surface area contributed by atoms with Crippen LogP contribution < -0.4 is 10.6 Å². The Labute approximate surface area is 186 Å². The van der Waals surface area contributed by atoms with Crippen molar-refractivity contribution in [3.05, 3.63) is 42.0 Å². The van der Waals surface area contributed by atoms with E-state index < -0.39 is 57.7 Å². The van der Waals surface area contributed by atoms with Gasteiger partial charge in [0, 0.05) is 12.0 Å². The molecule has 0 heterocycles. The number of aliphatic hydroxyl groups is 2. The highest BCUT2D eigenvalue weighted by Gasteiger charge is 2.35. The lowest BCUT2D eigenvalue weighted by molar-refractivity contribution is -0.146. The molecule has 1 aliphatic carbocycles. The molecule has 0 fully saturated rings. The molecule has 10 nitrogen and oxygen atoms in total. The summed E-state index contributed by atoms with van der Waals surface area (Å²) in [5.41, 5.74) is 0.0357. The Morgan fingerprint density at radius 2 is 1.78 bits per heavy atom. The summed E-state index contributed by atoms with van der Waals surface area (Å²) in [6.07, 6.45) is -1.80. The number of esters is 1. The number of carbonyl (C=O) groups excluding carboxylic acids is 3. The molecule has 32 heavy (non-hydrogen) atoms. The van der Waals surface area contributed by atoms with Crippen molar-refractivity contribution in [3.63, 3.8) is 0 Å². The predicted octanol–water partition coefficient (Wildman–Crippen LogP) is -0.689. The van der Waals surface area contributed by atoms with Gasteiger partial charge in [0.05, 0.1) is 24.2 Å². The van der Waals surface area contributed by atoms with Gasteiger partial charge in [0.2, 0.25) is 11.8 Å². The lowest BCUT2D eigenvalue weighted by Crippen LogP contribution is -2.53. The molecule has 4 unspecified atom stereocenters. The Morgan fingerprint density at radius 1 is 1.16 bits per heavy atom. The smallest absolute Gasteiger partial charge is 0.328 e. The summed E-state index contributed by atoms with van der Waals surface area (Å²) in [6, 6.07) is 5.28. The standard InChI is InChI=1S/C21H28N2O8S/c1-12(2)18(21(28)31-3)23-20(27)13-9-15(19(26)16(24)10-13)22-17(25)11-32(29,30)14-7-5-4-6-8-14/h4-9,12,15-16,18-19,24,26H,10-11H2,1-3H3,(H,22,25)(H,23,27). The summed E-state index contributed by atoms with van der Waals surface area (Å²) >= 11 is 0. The summed E-state index contributed by atoms with van der Waals surface area (Å²) in [5, 5.41) is 25.3. The maximum absolute atomic E-state index is 12.6. The van der Waals surface area contributed by atoms with Crippen LogP contribution in [0.25, 0.3) is 0 Å². The highest BCUT2D eigenvalue weighted by Crippen LogP contribution is 2.21. The fourth-order valence-electron chi connectivity index (χ4n) is 3.23. The Kier molecular flexibility index (Phi) is 8.53. The van der Waals surface area contributed by atoms with Crippen LogP contribution in [-0.2, 0) is 29.0 Å². The van der Waals surface area contributed by atoms with E-state index in [1.54, 1.807) is 19.9 Å². The molecule has 4 N–H and O–H groups in total. The highest BCUT2D eigenvalue weighted by molar-refractivity contribution is 7.92. The second-order valence-electron chi connectivity index (χ2n) is 7.84. The number of ether oxygens (including phenoxy) is 1. The summed E-state index contributed by atoms with van der Waals surface area (Å²) in [6.45, 7) is 3.43. The molecular weight excluding hydrogens is 440 g/mol. The molecule has 2 amide bonds. The minimum absolute atomic E-state index is 0.0301. The molecule has 11 heteroatoms. The van der Waals surface area contributed by atoms with E-state index in [2.05, 4.69) is 15.4 Å². The number of rotatable bonds is 8. The second kappa shape index (κ2) is 10.7. The van der Waals surface area contributed by atoms with Gasteiger partial charge in [0.1, 0.15) is 17.9 Å². The maximum Gasteiger partial charge on any atom is 0.328 e. The van der Waals surface area contributed by atoms with Gasteiger partial charge in [0.15, 0.2) is 9.84 Å². The Hall–Kier alpha value is -2.76. The molecule has 176 valence electrons. The van der Waals surface area contributed by atoms with Crippen LogP contribution >= 0.6 is 0 Å². The third-order valence-corrected chi connectivity index (χ3v) is 6.66. The van der Waals surface area contributed by atoms with Crippen LogP contribution in [-0.4, -0.2) is 73.6 Å². The Morgan fingerprint density at radius 3 is 2.34 bits per heavy atom. The van der Waals surface area contributed by atoms with Gasteiger partial charge >= 0.3 is 5.97 Å². The van der Waals surface area contributed by atoms with Crippen LogP contribution in [0.5, 0.6) is 0 Å². The zero-order chi connectivity index (χ0) is 24.1. The van der Waals surface area contributed by atoms with E-state index in [1.165, 1.54) is 37.5 Å². The van der Waals surface area contributed by atoms with Gasteiger partial charge in [0.25, 0.3) is 0 Å². The van der Waals surface area contributed by atoms with Crippen molar-refractivity contribution < 1.29 is 37.8 Å². The van der Waals surface area contributed by atoms with Gasteiger partial charge in [-0.1, -0.05) is 38.1 Å². The van der Waals surface area contributed by atoms with Crippen molar-refractivity contribution in [1.82, 2.24) is 10.6 Å². The monoisotopic (exact) mass is 468 g/mol. The van der Waals surface area contributed by atoms with Crippen LogP contribution in [0.1, 0.15) is 20.3 Å². The molecule has 1 aliphatic rings. The van der Waals surface area contributed by atoms with Crippen molar-refractivity contribution in [2.24, 2.45) is 5.92 Å². The maximum atomic E-state index is 12.6. The molecule has 4 atom stereocenters. The topological polar surface area (TPSA) is 159 Å². The molecule has 1 aromatic rings. The third kappa shape index (κ3) is 6.38. The van der Waals surface area contributed by atoms with Gasteiger partial charge in [-0.05, 0) is 18.1 Å². The molecule has 0 aromatic heterocycles. The first-order valence-corrected chi connectivity index (χ1v) is 11.6. The van der Waals surface area contributed by atoms with Gasteiger partial charge in [-0.15, -0.1) is 0 Å². The van der Waals surface area contributed by atoms with Crippen LogP contribution in [0.2, 0.25) is 0 Å². The first kappa shape index (κ1) is 25.5. The van der Waals surface area contributed by atoms with Gasteiger partial charge in [-0.3, -0.25) is 9.59 Å². The van der Waals surface area contributed by atoms with Crippen LogP contribution in [0.15, 0.2) is 46.9 Å². The average Bonchev–Trinajstić information content (AvgIpc) is 2.74. The highest BCUT2D eigenvalue weighted by atomic mass is 32.2. The van der Waals surface area contributed by atoms with E-state index in [0.717, 1.165) is 0 Å². The minimum Gasteiger partial charge on any atom is -0.467 e. The minimum atomic E-state index is -3.92. The van der Waals surface area contributed by atoms with Crippen molar-refractivity contribution in [2.75, 3.05) is 12.9 Å². The van der Waals surface area contributed by atoms with E-state index in [4.69, 9.17) is 0 Å². The zero-order valence-corrected chi connectivity index (χ0v) is 18.8. The third-order valence-electron chi connectivity index (χ3n) is 5.02. The van der Waals surface area contributed by atoms with Crippen molar-refractivity contribution >= 4 is 27.6 Å². The number of sulfone groups is 1. The first-order chi connectivity index (χ1) is 15.0. The molecule has 0 saturated carbocycles. The predicted molar refractivity (Wildman–Crippen MR) is 114 cm³/mol. The molecule has 0 bridgehead atoms. The number of nitrogens with one attached hydrogen (secondary N) is 2. The molecule has 0 spiro atoms. The molecule has 1 aromatic carbocycles. The molecule has 2 rings (SSSR count). The van der Waals surface area contributed by atoms with E-state index in [-0.39, 0.29) is 22.8 Å². The van der Waals surface area contributed by atoms with E-state index >= 15 is 0 Å². The first-order valence-electron chi connectivity index (χ1n) is 9.99. The normalized spacial score (nSPS) is 21.9. The van der Waals surface area contributed by atoms with Crippen LogP contribution in [0, 0.1) is 5.92 Å². The fraction of sp³-hybridized carbons (Fsp3) is 0.476. The number of benzene rings is 1. The van der Waals surface area contributed by atoms with Gasteiger partial charge in [-0.2, -0.15) is 0 Å². The van der Waals surface area contributed by atoms with E-state index in [0.29, 0.717) is 0 Å². The van der Waals surface area contributed by atoms with E-state index in [9.17, 15) is 33.0 Å². The lowest BCUT2D eigenvalue weighted by atomic mass is 9.89. The van der Waals surface area contributed by atoms with E-state index in [1.807, 2.05) is 0 Å². The SMILES string of the molecule is COC(=O)C(NC(=O)C1=CC(NC(=O)CS(=O)(=O)c2ccccc2)C(O)C(O)C1)C(C)C. The largest absolute Gasteiger partial charge is 0.467 e. The summed E-state index contributed by atoms with van der Waals surface area (Å²) < 4.78 is 29.4. The fourth-order valence-corrected chi connectivity index (χ4v) is 4.40. The summed E-state index contributed by atoms with van der Waals surface area (Å²) in [7, 11) is -2.72. The molecule has 0 aliphatic heterocycles. The molecule has 0 radical (unpaired) electrons. The number of hydrogen-bond donors (Lipinski definition) is 4. The number of carbonyl (C=O) groups is 3. The lowest BCUT2D eigenvalue weighted by Gasteiger charge is -2.31. The average molecular weight is 469 g/mol. The van der Waals surface area contributed by atoms with Crippen molar-refractivity contribution in [2.45, 2.75) is 49.5 Å². The number of aliphatic hydroxyl groups excluding tert-OH is 2. The summed E-state index contributed by atoms with van der Waals surface area (Å²) in [5.74, 6) is -3.36.